The molecule has 6 nitrogen and oxygen atoms in total. The van der Waals surface area contributed by atoms with Crippen molar-refractivity contribution in [1.82, 2.24) is 9.13 Å². The van der Waals surface area contributed by atoms with Crippen LogP contribution in [-0.2, 0) is 47.5 Å². The first-order valence-electron chi connectivity index (χ1n) is 30.0. The van der Waals surface area contributed by atoms with E-state index < -0.39 is 0 Å². The maximum Gasteiger partial charge on any atom is 0.263 e. The minimum absolute atomic E-state index is 0. The minimum atomic E-state index is 0. The van der Waals surface area contributed by atoms with E-state index in [0.29, 0.717) is 13.2 Å². The minimum Gasteiger partial charge on any atom is -0.582 e. The molecule has 0 unspecified atom stereocenters. The van der Waals surface area contributed by atoms with Crippen LogP contribution in [0.25, 0.3) is 75.9 Å². The number of aromatic hydroxyl groups is 4. The van der Waals surface area contributed by atoms with Gasteiger partial charge in [0.15, 0.2) is 24.7 Å². The average molecular weight is 1360 g/mol. The molecular formula is C78H84HfN2O4S2. The van der Waals surface area contributed by atoms with E-state index in [4.69, 9.17) is 9.47 Å². The van der Waals surface area contributed by atoms with Crippen LogP contribution in [0.5, 0.6) is 23.0 Å². The second kappa shape index (κ2) is 26.1. The monoisotopic (exact) mass is 1360 g/mol. The van der Waals surface area contributed by atoms with Gasteiger partial charge < -0.3 is 28.8 Å². The largest absolute Gasteiger partial charge is 0.582 e. The number of hydrogen-bond donors (Lipinski definition) is 2. The van der Waals surface area contributed by atoms with Crippen LogP contribution < -0.4 is 0 Å². The quantitative estimate of drug-likeness (QED) is 0.0586. The fraction of sp³-hybridized carbons (Fsp3) is 0.256. The van der Waals surface area contributed by atoms with E-state index in [1.165, 1.54) is 43.8 Å². The van der Waals surface area contributed by atoms with E-state index in [-0.39, 0.29) is 59.0 Å². The zero-order valence-electron chi connectivity index (χ0n) is 52.7. The van der Waals surface area contributed by atoms with Gasteiger partial charge in [0.25, 0.3) is 11.5 Å². The molecule has 0 radical (unpaired) electrons. The number of fused-ring (bicyclic) bond motifs is 6. The second-order valence-electron chi connectivity index (χ2n) is 26.7. The van der Waals surface area contributed by atoms with Crippen molar-refractivity contribution in [3.05, 3.63) is 240 Å². The van der Waals surface area contributed by atoms with E-state index in [1.54, 1.807) is 22.7 Å². The average Bonchev–Trinajstić information content (AvgIpc) is 1.62. The molecule has 12 rings (SSSR count). The maximum atomic E-state index is 12.2. The van der Waals surface area contributed by atoms with E-state index in [2.05, 4.69) is 202 Å². The van der Waals surface area contributed by atoms with Gasteiger partial charge in [-0.1, -0.05) is 144 Å². The van der Waals surface area contributed by atoms with Crippen molar-refractivity contribution in [1.29, 1.82) is 0 Å². The molecule has 0 aliphatic heterocycles. The van der Waals surface area contributed by atoms with Crippen LogP contribution in [0.1, 0.15) is 129 Å². The number of ether oxygens (including phenoxy) is 2. The third-order valence-electron chi connectivity index (χ3n) is 16.1. The van der Waals surface area contributed by atoms with Gasteiger partial charge in [0, 0.05) is 83.1 Å². The van der Waals surface area contributed by atoms with Crippen molar-refractivity contribution in [3.8, 4) is 55.3 Å². The predicted molar refractivity (Wildman–Crippen MR) is 370 cm³/mol. The summed E-state index contributed by atoms with van der Waals surface area (Å²) in [7, 11) is 0. The summed E-state index contributed by atoms with van der Waals surface area (Å²) in [6.45, 7) is 35.8. The Labute approximate surface area is 542 Å². The molecule has 0 saturated carbocycles. The number of aromatic nitrogens is 2. The Bertz CT molecular complexity index is 3910. The van der Waals surface area contributed by atoms with E-state index >= 15 is 0 Å². The number of hydrogen-bond acceptors (Lipinski definition) is 4. The second-order valence-corrected chi connectivity index (χ2v) is 28.4. The first kappa shape index (κ1) is 64.1. The van der Waals surface area contributed by atoms with E-state index in [0.717, 1.165) is 89.8 Å². The number of rotatable bonds is 11. The van der Waals surface area contributed by atoms with Crippen LogP contribution in [-0.4, -0.2) is 42.0 Å². The fourth-order valence-corrected chi connectivity index (χ4v) is 12.9. The zero-order valence-corrected chi connectivity index (χ0v) is 57.9. The molecule has 9 heteroatoms. The third kappa shape index (κ3) is 14.0. The summed E-state index contributed by atoms with van der Waals surface area (Å²) in [5.41, 5.74) is 15.0. The first-order chi connectivity index (χ1) is 40.9. The van der Waals surface area contributed by atoms with E-state index in [1.807, 2.05) is 97.1 Å². The van der Waals surface area contributed by atoms with E-state index in [9.17, 15) is 10.2 Å². The molecule has 0 amide bonds. The maximum absolute atomic E-state index is 12.2. The van der Waals surface area contributed by atoms with Crippen LogP contribution in [0.2, 0.25) is 0 Å². The molecule has 0 bridgehead atoms. The molecule has 0 atom stereocenters. The van der Waals surface area contributed by atoms with Crippen molar-refractivity contribution >= 4 is 66.3 Å². The van der Waals surface area contributed by atoms with Crippen molar-refractivity contribution < 1.29 is 45.5 Å². The summed E-state index contributed by atoms with van der Waals surface area (Å²) in [6, 6.07) is 63.2. The summed E-state index contributed by atoms with van der Waals surface area (Å²) < 4.78 is 14.7. The molecule has 0 aliphatic carbocycles. The summed E-state index contributed by atoms with van der Waals surface area (Å²) in [4.78, 5) is 1.62. The predicted octanol–water partition coefficient (Wildman–Crippen LogP) is 21.6. The summed E-state index contributed by atoms with van der Waals surface area (Å²) in [5, 5.41) is 33.3. The van der Waals surface area contributed by atoms with Crippen LogP contribution in [0, 0.1) is 13.8 Å². The van der Waals surface area contributed by atoms with Crippen molar-refractivity contribution in [2.24, 2.45) is 0 Å². The normalized spacial score (nSPS) is 12.0. The van der Waals surface area contributed by atoms with Gasteiger partial charge in [-0.15, -0.1) is 46.9 Å². The molecular weight excluding hydrogens is 1270 g/mol. The Hall–Kier alpha value is -7.43. The van der Waals surface area contributed by atoms with Crippen LogP contribution in [0.3, 0.4) is 0 Å². The number of aliphatic hydroxyl groups is 2. The smallest absolute Gasteiger partial charge is 0.263 e. The summed E-state index contributed by atoms with van der Waals surface area (Å²) >= 11 is 3.12. The number of unbranched alkanes of at least 4 members (excludes halogenated alkanes) is 1. The first-order valence-corrected chi connectivity index (χ1v) is 31.7. The molecule has 446 valence electrons. The fourth-order valence-electron chi connectivity index (χ4n) is 11.0. The molecule has 87 heavy (non-hydrogen) atoms. The number of thiophene rings is 2. The van der Waals surface area contributed by atoms with Crippen LogP contribution >= 0.6 is 22.7 Å². The van der Waals surface area contributed by atoms with Gasteiger partial charge in [0.05, 0.1) is 54.3 Å². The Kier molecular flexibility index (Phi) is 19.2. The number of benzene rings is 8. The summed E-state index contributed by atoms with van der Waals surface area (Å²) in [6.07, 6.45) is 1.71. The van der Waals surface area contributed by atoms with Crippen molar-refractivity contribution in [2.75, 3.05) is 13.2 Å². The van der Waals surface area contributed by atoms with Crippen molar-refractivity contribution in [3.63, 3.8) is 0 Å². The molecule has 8 aromatic carbocycles. The summed E-state index contributed by atoms with van der Waals surface area (Å²) in [5.74, 6) is 2.27. The van der Waals surface area contributed by atoms with Gasteiger partial charge in [-0.05, 0) is 105 Å². The van der Waals surface area contributed by atoms with Crippen molar-refractivity contribution in [2.45, 2.75) is 118 Å². The van der Waals surface area contributed by atoms with Gasteiger partial charge in [-0.3, -0.25) is 0 Å². The molecule has 0 saturated heterocycles. The van der Waals surface area contributed by atoms with Gasteiger partial charge in [0.1, 0.15) is 0 Å². The Balaban J connectivity index is 0.000000530. The Morgan fingerprint density at radius 2 is 0.655 bits per heavy atom. The molecule has 4 heterocycles. The molecule has 12 aromatic rings. The Morgan fingerprint density at radius 1 is 0.379 bits per heavy atom. The molecule has 0 aliphatic rings. The standard InChI is InChI=1S/C64H68N2O4S2.2C7H7.Hf/c1-61(2,3)39-23-27-49-45(33-39)46-34-40(62(4,5)6)24-28-50(46)65(49)53-37-71-59(57(53)67)43-19-13-15-21-55(43)69-31-17-18-32-70-56-22-16-14-20-44(56)60-58(68)54(38-72-60)66-51-29-25-41(63(7,8)9)35-47(51)48-36-42(64(10,11)12)26-30-52(48)66;2*1-7-5-3-2-4-6-7;/h13-16,19-30,33-38,67-68H,17-18,31-32H2,1-12H3;2*2-6H,1H2;/q;2*-1;/p+2. The van der Waals surface area contributed by atoms with Gasteiger partial charge in [-0.25, -0.2) is 0 Å². The van der Waals surface area contributed by atoms with Crippen LogP contribution in [0.15, 0.2) is 193 Å². The molecule has 0 spiro atoms. The van der Waals surface area contributed by atoms with Gasteiger partial charge >= 0.3 is 0 Å². The zero-order chi connectivity index (χ0) is 61.3. The third-order valence-corrected chi connectivity index (χ3v) is 18.1. The molecule has 4 N–H and O–H groups in total. The van der Waals surface area contributed by atoms with Gasteiger partial charge in [-0.2, -0.15) is 49.2 Å². The van der Waals surface area contributed by atoms with Crippen LogP contribution in [0.4, 0.5) is 0 Å². The Morgan fingerprint density at radius 3 is 0.920 bits per heavy atom. The molecule has 4 aromatic heterocycles. The van der Waals surface area contributed by atoms with Gasteiger partial charge in [0.2, 0.25) is 0 Å². The number of nitrogens with zero attached hydrogens (tertiary/aromatic N) is 2. The topological polar surface area (TPSA) is 75.9 Å². The SMILES string of the molecule is CC(C)(C)c1ccc2c(c1)c1cc(C(C)(C)C)ccc1n2-c1csc(-c2ccccc2[OH+]CCCC[OH+]c2ccccc2-c2scc(-n3c4ccc(C(C)(C)C)cc4c4cc(C(C)(C)C)ccc43)c2O)c1O.[CH2-]c1ccccc1.[CH2-]c1ccccc1.[Hf]. The molecule has 0 fully saturated rings. The number of para-hydroxylation sites is 2.